The lowest BCUT2D eigenvalue weighted by molar-refractivity contribution is -0.294. The highest BCUT2D eigenvalue weighted by atomic mass is 19.4. The summed E-state index contributed by atoms with van der Waals surface area (Å²) in [4.78, 5) is 23.8. The molecule has 0 aromatic rings. The summed E-state index contributed by atoms with van der Waals surface area (Å²) in [6.07, 6.45) is -4.16. The standard InChI is InChI=1S/C18H29F5O4/c1-6-15(4,5)14(25)27-16(7-2,8-3)11-9-10-13(24)26-12-17(19,20)18(21,22)23/h6-12H2,1-5H3. The summed E-state index contributed by atoms with van der Waals surface area (Å²) in [5.74, 6) is -6.61. The summed E-state index contributed by atoms with van der Waals surface area (Å²) >= 11 is 0. The molecular weight excluding hydrogens is 375 g/mol. The quantitative estimate of drug-likeness (QED) is 0.340. The zero-order valence-electron chi connectivity index (χ0n) is 16.5. The van der Waals surface area contributed by atoms with Crippen LogP contribution in [-0.2, 0) is 19.1 Å². The summed E-state index contributed by atoms with van der Waals surface area (Å²) in [6, 6.07) is 0. The van der Waals surface area contributed by atoms with Gasteiger partial charge in [-0.1, -0.05) is 20.8 Å². The number of carbonyl (C=O) groups is 2. The molecule has 0 rings (SSSR count). The highest BCUT2D eigenvalue weighted by Gasteiger charge is 2.58. The maximum absolute atomic E-state index is 12.7. The number of ether oxygens (including phenoxy) is 2. The van der Waals surface area contributed by atoms with Crippen LogP contribution in [0.3, 0.4) is 0 Å². The molecule has 0 saturated carbocycles. The van der Waals surface area contributed by atoms with E-state index < -0.39 is 35.7 Å². The van der Waals surface area contributed by atoms with E-state index in [1.165, 1.54) is 0 Å². The molecular formula is C18H29F5O4. The number of carbonyl (C=O) groups excluding carboxylic acids is 2. The lowest BCUT2D eigenvalue weighted by Crippen LogP contribution is -2.41. The Kier molecular flexibility index (Phi) is 9.18. The van der Waals surface area contributed by atoms with Crippen LogP contribution in [0.25, 0.3) is 0 Å². The van der Waals surface area contributed by atoms with Crippen LogP contribution >= 0.6 is 0 Å². The molecule has 0 amide bonds. The molecule has 0 spiro atoms. The molecule has 0 fully saturated rings. The van der Waals surface area contributed by atoms with E-state index in [2.05, 4.69) is 4.74 Å². The van der Waals surface area contributed by atoms with E-state index in [0.717, 1.165) is 0 Å². The van der Waals surface area contributed by atoms with Crippen LogP contribution in [-0.4, -0.2) is 36.2 Å². The largest absolute Gasteiger partial charge is 0.459 e. The van der Waals surface area contributed by atoms with Crippen molar-refractivity contribution in [2.75, 3.05) is 6.61 Å². The maximum Gasteiger partial charge on any atom is 0.456 e. The minimum Gasteiger partial charge on any atom is -0.459 e. The van der Waals surface area contributed by atoms with E-state index in [1.807, 2.05) is 20.8 Å². The molecule has 4 nitrogen and oxygen atoms in total. The third kappa shape index (κ3) is 7.62. The molecule has 0 aromatic heterocycles. The maximum atomic E-state index is 12.7. The van der Waals surface area contributed by atoms with Crippen molar-refractivity contribution in [2.24, 2.45) is 5.41 Å². The van der Waals surface area contributed by atoms with Crippen LogP contribution in [0.2, 0.25) is 0 Å². The van der Waals surface area contributed by atoms with E-state index >= 15 is 0 Å². The molecule has 0 aliphatic heterocycles. The van der Waals surface area contributed by atoms with Crippen molar-refractivity contribution in [1.29, 1.82) is 0 Å². The van der Waals surface area contributed by atoms with Gasteiger partial charge in [0.1, 0.15) is 5.60 Å². The Morgan fingerprint density at radius 1 is 0.889 bits per heavy atom. The number of alkyl halides is 5. The normalized spacial score (nSPS) is 13.4. The van der Waals surface area contributed by atoms with Crippen molar-refractivity contribution in [3.63, 3.8) is 0 Å². The fraction of sp³-hybridized carbons (Fsp3) is 0.889. The second-order valence-corrected chi connectivity index (χ2v) is 7.23. The van der Waals surface area contributed by atoms with Crippen LogP contribution in [0.5, 0.6) is 0 Å². The fourth-order valence-electron chi connectivity index (χ4n) is 2.16. The predicted octanol–water partition coefficient (Wildman–Crippen LogP) is 5.44. The molecule has 9 heteroatoms. The Labute approximate surface area is 156 Å². The zero-order valence-corrected chi connectivity index (χ0v) is 16.5. The second kappa shape index (κ2) is 9.68. The van der Waals surface area contributed by atoms with E-state index in [1.54, 1.807) is 13.8 Å². The minimum absolute atomic E-state index is 0.137. The molecule has 0 atom stereocenters. The van der Waals surface area contributed by atoms with Crippen LogP contribution < -0.4 is 0 Å². The summed E-state index contributed by atoms with van der Waals surface area (Å²) in [5.41, 5.74) is -1.49. The Bertz CT molecular complexity index is 496. The van der Waals surface area contributed by atoms with Crippen molar-refractivity contribution in [3.8, 4) is 0 Å². The first-order chi connectivity index (χ1) is 12.2. The van der Waals surface area contributed by atoms with Crippen LogP contribution in [0, 0.1) is 5.41 Å². The number of halogens is 5. The van der Waals surface area contributed by atoms with Gasteiger partial charge in [0.15, 0.2) is 6.61 Å². The number of hydrogen-bond donors (Lipinski definition) is 0. The molecule has 0 saturated heterocycles. The highest BCUT2D eigenvalue weighted by Crippen LogP contribution is 2.36. The average Bonchev–Trinajstić information content (AvgIpc) is 2.57. The third-order valence-electron chi connectivity index (χ3n) is 4.88. The van der Waals surface area contributed by atoms with E-state index in [-0.39, 0.29) is 25.2 Å². The monoisotopic (exact) mass is 404 g/mol. The first kappa shape index (κ1) is 25.6. The van der Waals surface area contributed by atoms with Gasteiger partial charge in [0, 0.05) is 6.42 Å². The summed E-state index contributed by atoms with van der Waals surface area (Å²) < 4.78 is 71.3. The van der Waals surface area contributed by atoms with Gasteiger partial charge >= 0.3 is 24.0 Å². The van der Waals surface area contributed by atoms with Crippen molar-refractivity contribution < 1.29 is 41.0 Å². The van der Waals surface area contributed by atoms with Gasteiger partial charge in [-0.15, -0.1) is 0 Å². The molecule has 0 radical (unpaired) electrons. The Morgan fingerprint density at radius 3 is 1.81 bits per heavy atom. The van der Waals surface area contributed by atoms with Gasteiger partial charge in [-0.25, -0.2) is 0 Å². The smallest absolute Gasteiger partial charge is 0.456 e. The SMILES string of the molecule is CCC(CC)(CCCC(=O)OCC(F)(F)C(F)(F)F)OC(=O)C(C)(C)CC. The molecule has 0 bridgehead atoms. The van der Waals surface area contributed by atoms with Gasteiger partial charge in [-0.2, -0.15) is 22.0 Å². The molecule has 27 heavy (non-hydrogen) atoms. The molecule has 0 heterocycles. The average molecular weight is 404 g/mol. The van der Waals surface area contributed by atoms with Crippen molar-refractivity contribution in [1.82, 2.24) is 0 Å². The molecule has 0 aliphatic carbocycles. The molecule has 0 N–H and O–H groups in total. The lowest BCUT2D eigenvalue weighted by Gasteiger charge is -2.35. The Hall–Kier alpha value is -1.41. The van der Waals surface area contributed by atoms with Crippen LogP contribution in [0.1, 0.15) is 73.1 Å². The van der Waals surface area contributed by atoms with Gasteiger partial charge in [-0.05, 0) is 46.0 Å². The Morgan fingerprint density at radius 2 is 1.41 bits per heavy atom. The van der Waals surface area contributed by atoms with Crippen molar-refractivity contribution in [3.05, 3.63) is 0 Å². The van der Waals surface area contributed by atoms with Gasteiger partial charge in [0.05, 0.1) is 5.41 Å². The number of rotatable bonds is 11. The van der Waals surface area contributed by atoms with E-state index in [4.69, 9.17) is 4.74 Å². The molecule has 160 valence electrons. The van der Waals surface area contributed by atoms with Gasteiger partial charge < -0.3 is 9.47 Å². The second-order valence-electron chi connectivity index (χ2n) is 7.23. The van der Waals surface area contributed by atoms with Crippen molar-refractivity contribution in [2.45, 2.75) is 90.8 Å². The predicted molar refractivity (Wildman–Crippen MR) is 89.3 cm³/mol. The Balaban J connectivity index is 4.67. The highest BCUT2D eigenvalue weighted by molar-refractivity contribution is 5.76. The fourth-order valence-corrected chi connectivity index (χ4v) is 2.16. The lowest BCUT2D eigenvalue weighted by atomic mass is 9.87. The van der Waals surface area contributed by atoms with Gasteiger partial charge in [0.25, 0.3) is 0 Å². The molecule has 0 unspecified atom stereocenters. The number of esters is 2. The van der Waals surface area contributed by atoms with Crippen molar-refractivity contribution >= 4 is 11.9 Å². The third-order valence-corrected chi connectivity index (χ3v) is 4.88. The summed E-state index contributed by atoms with van der Waals surface area (Å²) in [5, 5.41) is 0. The summed E-state index contributed by atoms with van der Waals surface area (Å²) in [6.45, 7) is 6.96. The first-order valence-corrected chi connectivity index (χ1v) is 9.00. The number of hydrogen-bond acceptors (Lipinski definition) is 4. The zero-order chi connectivity index (χ0) is 21.5. The molecule has 0 aromatic carbocycles. The topological polar surface area (TPSA) is 52.6 Å². The summed E-state index contributed by atoms with van der Waals surface area (Å²) in [7, 11) is 0. The first-order valence-electron chi connectivity index (χ1n) is 9.00. The minimum atomic E-state index is -5.77. The molecule has 0 aliphatic rings. The van der Waals surface area contributed by atoms with Gasteiger partial charge in [-0.3, -0.25) is 9.59 Å². The van der Waals surface area contributed by atoms with E-state index in [0.29, 0.717) is 19.3 Å². The van der Waals surface area contributed by atoms with Crippen LogP contribution in [0.4, 0.5) is 22.0 Å². The van der Waals surface area contributed by atoms with E-state index in [9.17, 15) is 31.5 Å². The van der Waals surface area contributed by atoms with Crippen LogP contribution in [0.15, 0.2) is 0 Å². The van der Waals surface area contributed by atoms with Gasteiger partial charge in [0.2, 0.25) is 0 Å².